The van der Waals surface area contributed by atoms with Crippen molar-refractivity contribution in [3.8, 4) is 0 Å². The maximum Gasteiger partial charge on any atom is 0.338 e. The predicted octanol–water partition coefficient (Wildman–Crippen LogP) is 7.09. The van der Waals surface area contributed by atoms with Crippen molar-refractivity contribution in [3.63, 3.8) is 0 Å². The van der Waals surface area contributed by atoms with Crippen LogP contribution in [0.15, 0.2) is 24.3 Å². The first kappa shape index (κ1) is 23.0. The number of fused-ring (bicyclic) bond motifs is 1. The summed E-state index contributed by atoms with van der Waals surface area (Å²) in [4.78, 5) is 24.5. The van der Waals surface area contributed by atoms with Gasteiger partial charge in [0.15, 0.2) is 5.78 Å². The fraction of sp³-hybridized carbons (Fsp3) is 0.704. The molecule has 2 saturated carbocycles. The molecular formula is C27H40O3. The van der Waals surface area contributed by atoms with Gasteiger partial charge >= 0.3 is 5.97 Å². The third-order valence-electron chi connectivity index (χ3n) is 8.03. The Morgan fingerprint density at radius 2 is 1.83 bits per heavy atom. The smallest absolute Gasteiger partial charge is 0.338 e. The molecule has 0 aliphatic heterocycles. The molecule has 5 atom stereocenters. The summed E-state index contributed by atoms with van der Waals surface area (Å²) in [6.07, 6.45) is 9.74. The number of benzene rings is 1. The third-order valence-corrected chi connectivity index (χ3v) is 8.03. The number of Topliss-reactive ketones (excluding diaryl/α,β-unsaturated/α-hetero) is 1. The van der Waals surface area contributed by atoms with Crippen molar-refractivity contribution >= 4 is 11.8 Å². The zero-order chi connectivity index (χ0) is 21.9. The Balaban J connectivity index is 1.66. The van der Waals surface area contributed by atoms with Crippen LogP contribution >= 0.6 is 0 Å². The highest BCUT2D eigenvalue weighted by molar-refractivity contribution is 5.97. The van der Waals surface area contributed by atoms with Crippen LogP contribution in [-0.2, 0) is 4.74 Å². The van der Waals surface area contributed by atoms with Gasteiger partial charge in [0.1, 0.15) is 6.10 Å². The van der Waals surface area contributed by atoms with E-state index in [1.54, 1.807) is 24.3 Å². The maximum atomic E-state index is 12.9. The van der Waals surface area contributed by atoms with Gasteiger partial charge < -0.3 is 4.74 Å². The molecule has 0 radical (unpaired) electrons. The molecule has 2 aliphatic carbocycles. The van der Waals surface area contributed by atoms with E-state index in [1.165, 1.54) is 45.4 Å². The summed E-state index contributed by atoms with van der Waals surface area (Å²) in [5.74, 6) is 2.41. The molecule has 0 spiro atoms. The van der Waals surface area contributed by atoms with E-state index in [-0.39, 0.29) is 23.3 Å². The molecule has 1 aromatic carbocycles. The van der Waals surface area contributed by atoms with Gasteiger partial charge in [-0.1, -0.05) is 59.1 Å². The fourth-order valence-corrected chi connectivity index (χ4v) is 6.36. The summed E-state index contributed by atoms with van der Waals surface area (Å²) >= 11 is 0. The van der Waals surface area contributed by atoms with Gasteiger partial charge in [-0.15, -0.1) is 0 Å². The van der Waals surface area contributed by atoms with Gasteiger partial charge in [0, 0.05) is 11.5 Å². The van der Waals surface area contributed by atoms with Gasteiger partial charge in [-0.25, -0.2) is 4.79 Å². The number of carbonyl (C=O) groups is 2. The van der Waals surface area contributed by atoms with E-state index in [2.05, 4.69) is 27.7 Å². The highest BCUT2D eigenvalue weighted by Gasteiger charge is 2.53. The minimum absolute atomic E-state index is 0.00472. The molecule has 0 heterocycles. The van der Waals surface area contributed by atoms with Crippen molar-refractivity contribution in [2.24, 2.45) is 29.1 Å². The van der Waals surface area contributed by atoms with Gasteiger partial charge in [0.2, 0.25) is 0 Å². The number of carbonyl (C=O) groups excluding carboxylic acids is 2. The lowest BCUT2D eigenvalue weighted by atomic mass is 9.61. The Labute approximate surface area is 183 Å². The summed E-state index contributed by atoms with van der Waals surface area (Å²) in [5, 5.41) is 0. The van der Waals surface area contributed by atoms with Crippen LogP contribution < -0.4 is 0 Å². The Bertz CT molecular complexity index is 752. The van der Waals surface area contributed by atoms with E-state index >= 15 is 0 Å². The first-order valence-electron chi connectivity index (χ1n) is 12.0. The SMILES string of the molecule is CC(=O)c1cccc(C(=O)O[C@H]2CCC[C@]3(C)[C@@H]([C@H](C)CCCC(C)C)CC[C@@H]23)c1. The number of rotatable bonds is 8. The standard InChI is InChI=1S/C27H40O3/c1-18(2)9-6-10-19(3)23-14-15-24-25(13-8-16-27(23,24)5)30-26(29)22-12-7-11-21(17-22)20(4)28/h7,11-12,17-19,23-25H,6,8-10,13-16H2,1-5H3/t19-,23-,24+,25+,27-/m1/s1. The lowest BCUT2D eigenvalue weighted by Gasteiger charge is -2.46. The lowest BCUT2D eigenvalue weighted by Crippen LogP contribution is -2.43. The maximum absolute atomic E-state index is 12.9. The van der Waals surface area contributed by atoms with Crippen molar-refractivity contribution in [2.45, 2.75) is 92.1 Å². The van der Waals surface area contributed by atoms with Gasteiger partial charge in [-0.2, -0.15) is 0 Å². The van der Waals surface area contributed by atoms with Crippen LogP contribution in [0.25, 0.3) is 0 Å². The van der Waals surface area contributed by atoms with E-state index < -0.39 is 0 Å². The molecule has 1 aromatic rings. The molecule has 0 unspecified atom stereocenters. The predicted molar refractivity (Wildman–Crippen MR) is 122 cm³/mol. The van der Waals surface area contributed by atoms with Crippen LogP contribution in [0.3, 0.4) is 0 Å². The molecule has 3 rings (SSSR count). The van der Waals surface area contributed by atoms with Crippen molar-refractivity contribution in [3.05, 3.63) is 35.4 Å². The lowest BCUT2D eigenvalue weighted by molar-refractivity contribution is -0.0473. The number of hydrogen-bond donors (Lipinski definition) is 0. The molecule has 2 fully saturated rings. The average Bonchev–Trinajstić information content (AvgIpc) is 3.05. The second-order valence-corrected chi connectivity index (χ2v) is 10.6. The van der Waals surface area contributed by atoms with E-state index in [0.717, 1.165) is 30.6 Å². The molecule has 2 aliphatic rings. The van der Waals surface area contributed by atoms with Crippen LogP contribution in [0, 0.1) is 29.1 Å². The number of ketones is 1. The first-order valence-corrected chi connectivity index (χ1v) is 12.0. The van der Waals surface area contributed by atoms with Crippen LogP contribution in [0.2, 0.25) is 0 Å². The molecule has 0 amide bonds. The van der Waals surface area contributed by atoms with E-state index in [9.17, 15) is 9.59 Å². The quantitative estimate of drug-likeness (QED) is 0.338. The van der Waals surface area contributed by atoms with Gasteiger partial charge in [-0.3, -0.25) is 4.79 Å². The van der Waals surface area contributed by atoms with Crippen LogP contribution in [0.5, 0.6) is 0 Å². The number of hydrogen-bond acceptors (Lipinski definition) is 3. The van der Waals surface area contributed by atoms with Gasteiger partial charge in [-0.05, 0) is 74.3 Å². The summed E-state index contributed by atoms with van der Waals surface area (Å²) in [6.45, 7) is 11.1. The van der Waals surface area contributed by atoms with E-state index in [1.807, 2.05) is 0 Å². The zero-order valence-electron chi connectivity index (χ0n) is 19.6. The zero-order valence-corrected chi connectivity index (χ0v) is 19.6. The van der Waals surface area contributed by atoms with Crippen LogP contribution in [0.1, 0.15) is 107 Å². The molecule has 3 heteroatoms. The molecule has 0 aromatic heterocycles. The monoisotopic (exact) mass is 412 g/mol. The summed E-state index contributed by atoms with van der Waals surface area (Å²) in [7, 11) is 0. The molecule has 30 heavy (non-hydrogen) atoms. The molecular weight excluding hydrogens is 372 g/mol. The molecule has 0 saturated heterocycles. The number of ether oxygens (including phenoxy) is 1. The molecule has 0 N–H and O–H groups in total. The summed E-state index contributed by atoms with van der Waals surface area (Å²) < 4.78 is 6.08. The van der Waals surface area contributed by atoms with Crippen LogP contribution in [-0.4, -0.2) is 17.9 Å². The average molecular weight is 413 g/mol. The Morgan fingerprint density at radius 1 is 1.10 bits per heavy atom. The minimum atomic E-state index is -0.277. The largest absolute Gasteiger partial charge is 0.458 e. The normalized spacial score (nSPS) is 29.5. The van der Waals surface area contributed by atoms with Crippen molar-refractivity contribution < 1.29 is 14.3 Å². The second kappa shape index (κ2) is 9.66. The minimum Gasteiger partial charge on any atom is -0.458 e. The second-order valence-electron chi connectivity index (χ2n) is 10.6. The Kier molecular flexibility index (Phi) is 7.42. The topological polar surface area (TPSA) is 43.4 Å². The molecule has 3 nitrogen and oxygen atoms in total. The molecule has 0 bridgehead atoms. The Morgan fingerprint density at radius 3 is 2.53 bits per heavy atom. The Hall–Kier alpha value is -1.64. The van der Waals surface area contributed by atoms with Crippen molar-refractivity contribution in [1.82, 2.24) is 0 Å². The van der Waals surface area contributed by atoms with Crippen LogP contribution in [0.4, 0.5) is 0 Å². The first-order chi connectivity index (χ1) is 14.2. The summed E-state index contributed by atoms with van der Waals surface area (Å²) in [6, 6.07) is 6.94. The highest BCUT2D eigenvalue weighted by atomic mass is 16.5. The van der Waals surface area contributed by atoms with E-state index in [0.29, 0.717) is 17.0 Å². The van der Waals surface area contributed by atoms with Crippen molar-refractivity contribution in [2.75, 3.05) is 0 Å². The van der Waals surface area contributed by atoms with Gasteiger partial charge in [0.25, 0.3) is 0 Å². The van der Waals surface area contributed by atoms with E-state index in [4.69, 9.17) is 4.74 Å². The fourth-order valence-electron chi connectivity index (χ4n) is 6.36. The molecule has 166 valence electrons. The van der Waals surface area contributed by atoms with Gasteiger partial charge in [0.05, 0.1) is 5.56 Å². The number of esters is 1. The highest BCUT2D eigenvalue weighted by Crippen LogP contribution is 2.58. The summed E-state index contributed by atoms with van der Waals surface area (Å²) in [5.41, 5.74) is 1.34. The van der Waals surface area contributed by atoms with Crippen molar-refractivity contribution in [1.29, 1.82) is 0 Å². The third kappa shape index (κ3) is 4.98.